The Morgan fingerprint density at radius 2 is 2.00 bits per heavy atom. The molecular formula is C15H19NO2. The molecule has 0 bridgehead atoms. The van der Waals surface area contributed by atoms with Gasteiger partial charge >= 0.3 is 0 Å². The lowest BCUT2D eigenvalue weighted by Crippen LogP contribution is -2.41. The van der Waals surface area contributed by atoms with Crippen molar-refractivity contribution >= 4 is 5.91 Å². The molecule has 1 saturated carbocycles. The molecule has 3 rings (SSSR count). The number of carbonyl (C=O) groups is 1. The summed E-state index contributed by atoms with van der Waals surface area (Å²) in [6.45, 7) is 4.15. The van der Waals surface area contributed by atoms with Crippen LogP contribution in [0.25, 0.3) is 0 Å². The zero-order valence-corrected chi connectivity index (χ0v) is 10.9. The van der Waals surface area contributed by atoms with Crippen LogP contribution in [0.15, 0.2) is 24.3 Å². The van der Waals surface area contributed by atoms with Gasteiger partial charge in [-0.25, -0.2) is 0 Å². The molecule has 1 aliphatic heterocycles. The van der Waals surface area contributed by atoms with Crippen LogP contribution in [0, 0.1) is 5.41 Å². The lowest BCUT2D eigenvalue weighted by molar-refractivity contribution is -0.124. The fourth-order valence-electron chi connectivity index (χ4n) is 3.20. The van der Waals surface area contributed by atoms with Crippen molar-refractivity contribution in [3.05, 3.63) is 29.8 Å². The Bertz CT molecular complexity index is 503. The SMILES string of the molecule is CC1(C)C[C@@H](C2(C(N)=O)CC2)c2ccccc2O1. The van der Waals surface area contributed by atoms with Crippen molar-refractivity contribution in [1.29, 1.82) is 0 Å². The number of para-hydroxylation sites is 1. The molecule has 2 aliphatic rings. The molecule has 96 valence electrons. The number of fused-ring (bicyclic) bond motifs is 1. The van der Waals surface area contributed by atoms with Gasteiger partial charge in [0, 0.05) is 5.92 Å². The molecule has 3 nitrogen and oxygen atoms in total. The average molecular weight is 245 g/mol. The first-order valence-corrected chi connectivity index (χ1v) is 6.52. The van der Waals surface area contributed by atoms with Gasteiger partial charge in [-0.1, -0.05) is 18.2 Å². The van der Waals surface area contributed by atoms with Gasteiger partial charge in [-0.3, -0.25) is 4.79 Å². The third-order valence-electron chi connectivity index (χ3n) is 4.32. The summed E-state index contributed by atoms with van der Waals surface area (Å²) in [5.74, 6) is 0.959. The molecule has 0 spiro atoms. The number of benzene rings is 1. The zero-order chi connectivity index (χ0) is 13.0. The van der Waals surface area contributed by atoms with Gasteiger partial charge in [0.2, 0.25) is 5.91 Å². The zero-order valence-electron chi connectivity index (χ0n) is 10.9. The van der Waals surface area contributed by atoms with Crippen molar-refractivity contribution in [2.24, 2.45) is 11.1 Å². The molecule has 1 fully saturated rings. The van der Waals surface area contributed by atoms with Gasteiger partial charge in [0.15, 0.2) is 0 Å². The van der Waals surface area contributed by atoms with E-state index in [1.807, 2.05) is 18.2 Å². The van der Waals surface area contributed by atoms with Crippen molar-refractivity contribution in [2.75, 3.05) is 0 Å². The first-order chi connectivity index (χ1) is 8.45. The molecule has 0 aromatic heterocycles. The van der Waals surface area contributed by atoms with Crippen molar-refractivity contribution in [2.45, 2.75) is 44.6 Å². The van der Waals surface area contributed by atoms with Crippen LogP contribution in [0.1, 0.15) is 44.6 Å². The van der Waals surface area contributed by atoms with Gasteiger partial charge in [0.25, 0.3) is 0 Å². The molecule has 3 heteroatoms. The summed E-state index contributed by atoms with van der Waals surface area (Å²) >= 11 is 0. The minimum absolute atomic E-state index is 0.153. The maximum Gasteiger partial charge on any atom is 0.224 e. The predicted octanol–water partition coefficient (Wildman–Crippen LogP) is 2.60. The minimum Gasteiger partial charge on any atom is -0.488 e. The number of ether oxygens (including phenoxy) is 1. The van der Waals surface area contributed by atoms with E-state index in [2.05, 4.69) is 19.9 Å². The van der Waals surface area contributed by atoms with E-state index in [1.165, 1.54) is 0 Å². The summed E-state index contributed by atoms with van der Waals surface area (Å²) in [5.41, 5.74) is 6.22. The number of rotatable bonds is 2. The largest absolute Gasteiger partial charge is 0.488 e. The van der Waals surface area contributed by atoms with Crippen LogP contribution < -0.4 is 10.5 Å². The van der Waals surface area contributed by atoms with E-state index in [0.717, 1.165) is 30.6 Å². The van der Waals surface area contributed by atoms with E-state index in [4.69, 9.17) is 10.5 Å². The number of nitrogens with two attached hydrogens (primary N) is 1. The molecule has 2 N–H and O–H groups in total. The first kappa shape index (κ1) is 11.6. The van der Waals surface area contributed by atoms with E-state index in [1.54, 1.807) is 0 Å². The maximum atomic E-state index is 11.8. The monoisotopic (exact) mass is 245 g/mol. The highest BCUT2D eigenvalue weighted by molar-refractivity contribution is 5.85. The predicted molar refractivity (Wildman–Crippen MR) is 69.4 cm³/mol. The van der Waals surface area contributed by atoms with Gasteiger partial charge in [-0.15, -0.1) is 0 Å². The molecule has 0 radical (unpaired) electrons. The Morgan fingerprint density at radius 3 is 2.61 bits per heavy atom. The Hall–Kier alpha value is -1.51. The van der Waals surface area contributed by atoms with Gasteiger partial charge in [0.1, 0.15) is 11.4 Å². The summed E-state index contributed by atoms with van der Waals surface area (Å²) < 4.78 is 6.00. The lowest BCUT2D eigenvalue weighted by Gasteiger charge is -2.40. The van der Waals surface area contributed by atoms with Crippen LogP contribution in [-0.4, -0.2) is 11.5 Å². The molecule has 1 aromatic rings. The smallest absolute Gasteiger partial charge is 0.224 e. The summed E-state index contributed by atoms with van der Waals surface area (Å²) in [5, 5.41) is 0. The van der Waals surface area contributed by atoms with Crippen molar-refractivity contribution in [3.63, 3.8) is 0 Å². The lowest BCUT2D eigenvalue weighted by atomic mass is 9.74. The highest BCUT2D eigenvalue weighted by Gasteiger charge is 2.57. The van der Waals surface area contributed by atoms with Crippen LogP contribution >= 0.6 is 0 Å². The van der Waals surface area contributed by atoms with Crippen molar-refractivity contribution in [1.82, 2.24) is 0 Å². The van der Waals surface area contributed by atoms with E-state index in [-0.39, 0.29) is 22.8 Å². The number of hydrogen-bond acceptors (Lipinski definition) is 2. The van der Waals surface area contributed by atoms with Gasteiger partial charge < -0.3 is 10.5 Å². The molecule has 1 amide bonds. The Morgan fingerprint density at radius 1 is 1.33 bits per heavy atom. The van der Waals surface area contributed by atoms with E-state index < -0.39 is 0 Å². The number of hydrogen-bond donors (Lipinski definition) is 1. The van der Waals surface area contributed by atoms with Crippen LogP contribution in [0.2, 0.25) is 0 Å². The van der Waals surface area contributed by atoms with E-state index in [9.17, 15) is 4.79 Å². The fourth-order valence-corrected chi connectivity index (χ4v) is 3.20. The highest BCUT2D eigenvalue weighted by atomic mass is 16.5. The summed E-state index contributed by atoms with van der Waals surface area (Å²) in [7, 11) is 0. The van der Waals surface area contributed by atoms with Crippen LogP contribution in [0.5, 0.6) is 5.75 Å². The molecule has 1 atom stereocenters. The molecule has 18 heavy (non-hydrogen) atoms. The Balaban J connectivity index is 2.07. The van der Waals surface area contributed by atoms with Crippen LogP contribution in [0.3, 0.4) is 0 Å². The summed E-state index contributed by atoms with van der Waals surface area (Å²) in [6, 6.07) is 8.03. The quantitative estimate of drug-likeness (QED) is 0.870. The first-order valence-electron chi connectivity index (χ1n) is 6.52. The molecule has 0 saturated heterocycles. The van der Waals surface area contributed by atoms with Crippen LogP contribution in [0.4, 0.5) is 0 Å². The summed E-state index contributed by atoms with van der Waals surface area (Å²) in [4.78, 5) is 11.8. The van der Waals surface area contributed by atoms with Crippen LogP contribution in [-0.2, 0) is 4.79 Å². The Labute approximate surface area is 107 Å². The second-order valence-corrected chi connectivity index (χ2v) is 6.18. The third kappa shape index (κ3) is 1.61. The molecule has 0 unspecified atom stereocenters. The molecular weight excluding hydrogens is 226 g/mol. The fraction of sp³-hybridized carbons (Fsp3) is 0.533. The number of amides is 1. The minimum atomic E-state index is -0.322. The van der Waals surface area contributed by atoms with Crippen molar-refractivity contribution in [3.8, 4) is 5.75 Å². The molecule has 1 aliphatic carbocycles. The number of carbonyl (C=O) groups excluding carboxylic acids is 1. The second-order valence-electron chi connectivity index (χ2n) is 6.18. The summed E-state index contributed by atoms with van der Waals surface area (Å²) in [6.07, 6.45) is 2.68. The molecule has 1 heterocycles. The maximum absolute atomic E-state index is 11.8. The average Bonchev–Trinajstić information content (AvgIpc) is 3.07. The van der Waals surface area contributed by atoms with Gasteiger partial charge in [-0.05, 0) is 44.7 Å². The van der Waals surface area contributed by atoms with Gasteiger partial charge in [-0.2, -0.15) is 0 Å². The Kier molecular flexibility index (Phi) is 2.25. The number of primary amides is 1. The highest BCUT2D eigenvalue weighted by Crippen LogP contribution is 2.61. The van der Waals surface area contributed by atoms with Gasteiger partial charge in [0.05, 0.1) is 5.41 Å². The van der Waals surface area contributed by atoms with Crippen molar-refractivity contribution < 1.29 is 9.53 Å². The molecule has 1 aromatic carbocycles. The third-order valence-corrected chi connectivity index (χ3v) is 4.32. The van der Waals surface area contributed by atoms with E-state index >= 15 is 0 Å². The standard InChI is InChI=1S/C15H19NO2/c1-14(2)9-11(15(7-8-15)13(16)17)10-5-3-4-6-12(10)18-14/h3-6,11H,7-9H2,1-2H3,(H2,16,17)/t11-/m1/s1. The second kappa shape index (κ2) is 3.50. The van der Waals surface area contributed by atoms with E-state index in [0.29, 0.717) is 0 Å². The topological polar surface area (TPSA) is 52.3 Å². The normalized spacial score (nSPS) is 26.9.